The lowest BCUT2D eigenvalue weighted by molar-refractivity contribution is 0.662. The Bertz CT molecular complexity index is 540. The highest BCUT2D eigenvalue weighted by Crippen LogP contribution is 2.26. The molecular formula is C13H14Cl2N2S. The quantitative estimate of drug-likeness (QED) is 0.909. The molecule has 2 nitrogen and oxygen atoms in total. The van der Waals surface area contributed by atoms with Gasteiger partial charge < -0.3 is 5.32 Å². The standard InChI is InChI=1S/C13H14Cl2N2S/c1-8(16-2)12-7-17-13(18-12)5-9-3-4-10(14)6-11(9)15/h3-4,6-8,16H,5H2,1-2H3. The lowest BCUT2D eigenvalue weighted by atomic mass is 10.1. The van der Waals surface area contributed by atoms with Crippen molar-refractivity contribution in [1.82, 2.24) is 10.3 Å². The van der Waals surface area contributed by atoms with Crippen molar-refractivity contribution in [2.24, 2.45) is 0 Å². The number of benzene rings is 1. The van der Waals surface area contributed by atoms with Crippen LogP contribution in [0.2, 0.25) is 10.0 Å². The fourth-order valence-electron chi connectivity index (χ4n) is 1.58. The summed E-state index contributed by atoms with van der Waals surface area (Å²) in [6.45, 7) is 2.12. The van der Waals surface area contributed by atoms with Gasteiger partial charge in [0.2, 0.25) is 0 Å². The third-order valence-corrected chi connectivity index (χ3v) is 4.56. The molecule has 2 rings (SSSR count). The summed E-state index contributed by atoms with van der Waals surface area (Å²) in [5, 5.41) is 5.63. The number of nitrogens with one attached hydrogen (secondary N) is 1. The number of halogens is 2. The van der Waals surface area contributed by atoms with Crippen molar-refractivity contribution in [2.45, 2.75) is 19.4 Å². The van der Waals surface area contributed by atoms with Crippen LogP contribution in [-0.4, -0.2) is 12.0 Å². The van der Waals surface area contributed by atoms with Gasteiger partial charge in [0.05, 0.1) is 5.01 Å². The molecule has 0 aliphatic rings. The molecule has 0 spiro atoms. The molecule has 0 bridgehead atoms. The Kier molecular flexibility index (Phi) is 4.62. The highest BCUT2D eigenvalue weighted by molar-refractivity contribution is 7.11. The monoisotopic (exact) mass is 300 g/mol. The molecule has 0 amide bonds. The minimum Gasteiger partial charge on any atom is -0.312 e. The molecule has 1 heterocycles. The zero-order valence-electron chi connectivity index (χ0n) is 10.2. The smallest absolute Gasteiger partial charge is 0.0972 e. The van der Waals surface area contributed by atoms with Gasteiger partial charge in [-0.1, -0.05) is 29.3 Å². The molecule has 18 heavy (non-hydrogen) atoms. The number of hydrogen-bond acceptors (Lipinski definition) is 3. The molecule has 1 N–H and O–H groups in total. The first-order valence-corrected chi connectivity index (χ1v) is 7.23. The SMILES string of the molecule is CNC(C)c1cnc(Cc2ccc(Cl)cc2Cl)s1. The second-order valence-electron chi connectivity index (χ2n) is 4.08. The highest BCUT2D eigenvalue weighted by atomic mass is 35.5. The third-order valence-electron chi connectivity index (χ3n) is 2.79. The first kappa shape index (κ1) is 13.8. The van der Waals surface area contributed by atoms with Crippen molar-refractivity contribution in [2.75, 3.05) is 7.05 Å². The number of hydrogen-bond donors (Lipinski definition) is 1. The number of thiazole rings is 1. The van der Waals surface area contributed by atoms with Crippen LogP contribution in [0.15, 0.2) is 24.4 Å². The van der Waals surface area contributed by atoms with Gasteiger partial charge >= 0.3 is 0 Å². The molecule has 0 aliphatic heterocycles. The van der Waals surface area contributed by atoms with Gasteiger partial charge in [0.15, 0.2) is 0 Å². The summed E-state index contributed by atoms with van der Waals surface area (Å²) in [7, 11) is 1.94. The summed E-state index contributed by atoms with van der Waals surface area (Å²) in [6.07, 6.45) is 2.67. The predicted octanol–water partition coefficient (Wildman–Crippen LogP) is 4.32. The van der Waals surface area contributed by atoms with Gasteiger partial charge in [0.1, 0.15) is 0 Å². The Morgan fingerprint density at radius 3 is 2.83 bits per heavy atom. The molecule has 1 aromatic carbocycles. The predicted molar refractivity (Wildman–Crippen MR) is 78.9 cm³/mol. The van der Waals surface area contributed by atoms with E-state index in [0.717, 1.165) is 17.0 Å². The van der Waals surface area contributed by atoms with Crippen molar-refractivity contribution in [3.8, 4) is 0 Å². The maximum Gasteiger partial charge on any atom is 0.0972 e. The van der Waals surface area contributed by atoms with E-state index in [1.807, 2.05) is 25.4 Å². The molecule has 2 aromatic rings. The molecule has 0 fully saturated rings. The van der Waals surface area contributed by atoms with E-state index in [1.54, 1.807) is 17.4 Å². The zero-order valence-corrected chi connectivity index (χ0v) is 12.5. The van der Waals surface area contributed by atoms with Crippen LogP contribution >= 0.6 is 34.5 Å². The van der Waals surface area contributed by atoms with E-state index in [-0.39, 0.29) is 0 Å². The second kappa shape index (κ2) is 6.02. The average molecular weight is 301 g/mol. The Morgan fingerprint density at radius 2 is 2.17 bits per heavy atom. The topological polar surface area (TPSA) is 24.9 Å². The minimum absolute atomic E-state index is 0.330. The van der Waals surface area contributed by atoms with E-state index in [9.17, 15) is 0 Å². The van der Waals surface area contributed by atoms with Crippen molar-refractivity contribution >= 4 is 34.5 Å². The number of rotatable bonds is 4. The highest BCUT2D eigenvalue weighted by Gasteiger charge is 2.10. The normalized spacial score (nSPS) is 12.7. The maximum absolute atomic E-state index is 6.16. The zero-order chi connectivity index (χ0) is 13.1. The molecule has 1 unspecified atom stereocenters. The third kappa shape index (κ3) is 3.23. The van der Waals surface area contributed by atoms with E-state index < -0.39 is 0 Å². The Morgan fingerprint density at radius 1 is 1.39 bits per heavy atom. The van der Waals surface area contributed by atoms with E-state index in [4.69, 9.17) is 23.2 Å². The molecule has 0 aliphatic carbocycles. The van der Waals surface area contributed by atoms with Gasteiger partial charge in [-0.2, -0.15) is 0 Å². The van der Waals surface area contributed by atoms with E-state index in [1.165, 1.54) is 4.88 Å². The molecule has 0 saturated carbocycles. The fraction of sp³-hybridized carbons (Fsp3) is 0.308. The van der Waals surface area contributed by atoms with Crippen LogP contribution in [0.25, 0.3) is 0 Å². The van der Waals surface area contributed by atoms with Gasteiger partial charge in [-0.05, 0) is 31.7 Å². The summed E-state index contributed by atoms with van der Waals surface area (Å²) in [4.78, 5) is 5.66. The van der Waals surface area contributed by atoms with Crippen molar-refractivity contribution < 1.29 is 0 Å². The molecule has 5 heteroatoms. The van der Waals surface area contributed by atoms with Crippen LogP contribution < -0.4 is 5.32 Å². The number of nitrogens with zero attached hydrogens (tertiary/aromatic N) is 1. The maximum atomic E-state index is 6.16. The summed E-state index contributed by atoms with van der Waals surface area (Å²) >= 11 is 13.7. The molecule has 0 radical (unpaired) electrons. The van der Waals surface area contributed by atoms with Gasteiger partial charge in [0.25, 0.3) is 0 Å². The van der Waals surface area contributed by atoms with E-state index in [0.29, 0.717) is 16.1 Å². The average Bonchev–Trinajstić information content (AvgIpc) is 2.80. The lowest BCUT2D eigenvalue weighted by Gasteiger charge is -2.05. The van der Waals surface area contributed by atoms with E-state index >= 15 is 0 Å². The minimum atomic E-state index is 0.330. The first-order valence-electron chi connectivity index (χ1n) is 5.66. The van der Waals surface area contributed by atoms with E-state index in [2.05, 4.69) is 17.2 Å². The van der Waals surface area contributed by atoms with Crippen LogP contribution in [-0.2, 0) is 6.42 Å². The number of aromatic nitrogens is 1. The van der Waals surface area contributed by atoms with Crippen LogP contribution in [0.3, 0.4) is 0 Å². The van der Waals surface area contributed by atoms with Gasteiger partial charge in [-0.3, -0.25) is 0 Å². The van der Waals surface area contributed by atoms with Crippen molar-refractivity contribution in [3.63, 3.8) is 0 Å². The molecular weight excluding hydrogens is 287 g/mol. The Hall–Kier alpha value is -0.610. The second-order valence-corrected chi connectivity index (χ2v) is 6.07. The Balaban J connectivity index is 2.16. The van der Waals surface area contributed by atoms with Gasteiger partial charge in [-0.25, -0.2) is 4.98 Å². The Labute approximate surface area is 121 Å². The fourth-order valence-corrected chi connectivity index (χ4v) is 3.06. The summed E-state index contributed by atoms with van der Waals surface area (Å²) in [5.41, 5.74) is 1.05. The molecule has 1 aromatic heterocycles. The van der Waals surface area contributed by atoms with Gasteiger partial charge in [0, 0.05) is 33.6 Å². The molecule has 0 saturated heterocycles. The largest absolute Gasteiger partial charge is 0.312 e. The molecule has 1 atom stereocenters. The lowest BCUT2D eigenvalue weighted by Crippen LogP contribution is -2.10. The summed E-state index contributed by atoms with van der Waals surface area (Å²) in [5.74, 6) is 0. The van der Waals surface area contributed by atoms with Crippen LogP contribution in [0.4, 0.5) is 0 Å². The first-order chi connectivity index (χ1) is 8.60. The van der Waals surface area contributed by atoms with Crippen molar-refractivity contribution in [1.29, 1.82) is 0 Å². The van der Waals surface area contributed by atoms with Gasteiger partial charge in [-0.15, -0.1) is 11.3 Å². The van der Waals surface area contributed by atoms with Crippen molar-refractivity contribution in [3.05, 3.63) is 49.9 Å². The van der Waals surface area contributed by atoms with Crippen LogP contribution in [0.5, 0.6) is 0 Å². The summed E-state index contributed by atoms with van der Waals surface area (Å²) < 4.78 is 0. The van der Waals surface area contributed by atoms with Crippen LogP contribution in [0, 0.1) is 0 Å². The molecule has 96 valence electrons. The van der Waals surface area contributed by atoms with Crippen LogP contribution in [0.1, 0.15) is 28.4 Å². The summed E-state index contributed by atoms with van der Waals surface area (Å²) in [6, 6.07) is 5.90.